The van der Waals surface area contributed by atoms with Crippen molar-refractivity contribution in [3.05, 3.63) is 0 Å². The van der Waals surface area contributed by atoms with Crippen molar-refractivity contribution >= 4 is 5.97 Å². The number of carboxylic acid groups (broad SMARTS) is 1. The van der Waals surface area contributed by atoms with Gasteiger partial charge in [-0.2, -0.15) is 0 Å². The fraction of sp³-hybridized carbons (Fsp3) is 0.875. The van der Waals surface area contributed by atoms with Gasteiger partial charge in [0.05, 0.1) is 12.7 Å². The average Bonchev–Trinajstić information content (AvgIpc) is 2.04. The van der Waals surface area contributed by atoms with Gasteiger partial charge < -0.3 is 20.1 Å². The van der Waals surface area contributed by atoms with Crippen molar-refractivity contribution < 1.29 is 24.9 Å². The second-order valence-corrected chi connectivity index (χ2v) is 2.13. The lowest BCUT2D eigenvalue weighted by molar-refractivity contribution is -0.134. The number of carbonyl (C=O) groups is 1. The Bertz CT molecular complexity index is 86.5. The minimum atomic E-state index is -0.833. The minimum absolute atomic E-state index is 0.139. The van der Waals surface area contributed by atoms with Crippen LogP contribution in [-0.2, 0) is 9.53 Å². The van der Waals surface area contributed by atoms with Crippen molar-refractivity contribution in [2.75, 3.05) is 20.3 Å². The number of aliphatic carboxylic acids is 1. The quantitative estimate of drug-likeness (QED) is 0.583. The second kappa shape index (κ2) is 17.4. The highest BCUT2D eigenvalue weighted by atomic mass is 16.5. The van der Waals surface area contributed by atoms with E-state index in [1.54, 1.807) is 7.11 Å². The molecule has 0 saturated heterocycles. The van der Waals surface area contributed by atoms with E-state index in [-0.39, 0.29) is 6.61 Å². The minimum Gasteiger partial charge on any atom is -0.481 e. The number of rotatable bonds is 2. The van der Waals surface area contributed by atoms with Gasteiger partial charge in [0.1, 0.15) is 0 Å². The molecule has 0 amide bonds. The zero-order chi connectivity index (χ0) is 11.3. The van der Waals surface area contributed by atoms with Crippen LogP contribution in [0.2, 0.25) is 0 Å². The summed E-state index contributed by atoms with van der Waals surface area (Å²) in [6.07, 6.45) is -0.560. The molecule has 0 fully saturated rings. The molecule has 0 aromatic rings. The zero-order valence-electron chi connectivity index (χ0n) is 8.65. The summed E-state index contributed by atoms with van der Waals surface area (Å²) >= 11 is 0. The SMILES string of the molecule is CC(=O)O.CC(O)CO.CCOC. The van der Waals surface area contributed by atoms with Crippen molar-refractivity contribution in [2.45, 2.75) is 26.9 Å². The highest BCUT2D eigenvalue weighted by Crippen LogP contribution is 1.68. The fourth-order valence-electron chi connectivity index (χ4n) is 0. The van der Waals surface area contributed by atoms with Crippen molar-refractivity contribution in [2.24, 2.45) is 0 Å². The lowest BCUT2D eigenvalue weighted by Gasteiger charge is -1.90. The molecule has 0 saturated carbocycles. The first kappa shape index (κ1) is 18.2. The van der Waals surface area contributed by atoms with E-state index >= 15 is 0 Å². The average molecular weight is 196 g/mol. The molecule has 0 aromatic carbocycles. The van der Waals surface area contributed by atoms with Crippen molar-refractivity contribution in [1.29, 1.82) is 0 Å². The molecule has 0 aliphatic heterocycles. The van der Waals surface area contributed by atoms with Crippen LogP contribution in [0.25, 0.3) is 0 Å². The van der Waals surface area contributed by atoms with Crippen LogP contribution in [0.1, 0.15) is 20.8 Å². The normalized spacial score (nSPS) is 10.0. The summed E-state index contributed by atoms with van der Waals surface area (Å²) in [6.45, 7) is 5.25. The Kier molecular flexibility index (Phi) is 24.4. The Morgan fingerprint density at radius 2 is 1.69 bits per heavy atom. The molecule has 0 bridgehead atoms. The van der Waals surface area contributed by atoms with E-state index < -0.39 is 12.1 Å². The fourth-order valence-corrected chi connectivity index (χ4v) is 0. The molecule has 0 aliphatic carbocycles. The third kappa shape index (κ3) is 180. The summed E-state index contributed by atoms with van der Waals surface area (Å²) in [5, 5.41) is 23.4. The van der Waals surface area contributed by atoms with Gasteiger partial charge in [-0.15, -0.1) is 0 Å². The number of hydrogen-bond acceptors (Lipinski definition) is 4. The van der Waals surface area contributed by atoms with Crippen molar-refractivity contribution in [1.82, 2.24) is 0 Å². The van der Waals surface area contributed by atoms with Gasteiger partial charge >= 0.3 is 0 Å². The van der Waals surface area contributed by atoms with Gasteiger partial charge in [0.25, 0.3) is 5.97 Å². The summed E-state index contributed by atoms with van der Waals surface area (Å²) in [5.41, 5.74) is 0. The predicted molar refractivity (Wildman–Crippen MR) is 49.6 cm³/mol. The second-order valence-electron chi connectivity index (χ2n) is 2.13. The van der Waals surface area contributed by atoms with E-state index in [1.807, 2.05) is 6.92 Å². The Morgan fingerprint density at radius 1 is 1.54 bits per heavy atom. The largest absolute Gasteiger partial charge is 0.481 e. The molecule has 82 valence electrons. The van der Waals surface area contributed by atoms with Crippen LogP contribution < -0.4 is 0 Å². The standard InChI is InChI=1S/C3H8O2.C3H8O.C2H4O2/c1-3(5)2-4;1-3-4-2;1-2(3)4/h3-5H,2H2,1H3;3H2,1-2H3;1H3,(H,3,4). The maximum atomic E-state index is 9.00. The van der Waals surface area contributed by atoms with Crippen LogP contribution >= 0.6 is 0 Å². The van der Waals surface area contributed by atoms with Crippen LogP contribution in [0.15, 0.2) is 0 Å². The molecule has 1 unspecified atom stereocenters. The van der Waals surface area contributed by atoms with Gasteiger partial charge in [-0.3, -0.25) is 4.79 Å². The van der Waals surface area contributed by atoms with E-state index in [9.17, 15) is 0 Å². The molecular weight excluding hydrogens is 176 g/mol. The van der Waals surface area contributed by atoms with Crippen LogP contribution in [0.3, 0.4) is 0 Å². The third-order valence-corrected chi connectivity index (χ3v) is 0.553. The van der Waals surface area contributed by atoms with Gasteiger partial charge in [-0.1, -0.05) is 0 Å². The summed E-state index contributed by atoms with van der Waals surface area (Å²) < 4.78 is 4.54. The molecule has 0 aromatic heterocycles. The van der Waals surface area contributed by atoms with Crippen molar-refractivity contribution in [3.63, 3.8) is 0 Å². The zero-order valence-corrected chi connectivity index (χ0v) is 8.65. The lowest BCUT2D eigenvalue weighted by Crippen LogP contribution is -2.03. The first-order valence-corrected chi connectivity index (χ1v) is 3.89. The molecule has 0 radical (unpaired) electrons. The Morgan fingerprint density at radius 3 is 1.69 bits per heavy atom. The van der Waals surface area contributed by atoms with Crippen LogP contribution in [-0.4, -0.2) is 47.7 Å². The Balaban J connectivity index is -0.000000117. The number of methoxy groups -OCH3 is 1. The van der Waals surface area contributed by atoms with E-state index in [0.29, 0.717) is 0 Å². The Hall–Kier alpha value is -0.650. The molecule has 3 N–H and O–H groups in total. The highest BCUT2D eigenvalue weighted by molar-refractivity contribution is 5.62. The summed E-state index contributed by atoms with van der Waals surface area (Å²) in [6, 6.07) is 0. The molecule has 0 heterocycles. The first-order chi connectivity index (χ1) is 5.92. The maximum Gasteiger partial charge on any atom is 0.300 e. The predicted octanol–water partition coefficient (Wildman–Crippen LogP) is 0.103. The van der Waals surface area contributed by atoms with Gasteiger partial charge in [-0.25, -0.2) is 0 Å². The number of aliphatic hydroxyl groups excluding tert-OH is 2. The summed E-state index contributed by atoms with van der Waals surface area (Å²) in [4.78, 5) is 9.00. The molecule has 1 atom stereocenters. The molecule has 0 spiro atoms. The summed E-state index contributed by atoms with van der Waals surface area (Å²) in [5.74, 6) is -0.833. The van der Waals surface area contributed by atoms with E-state index in [4.69, 9.17) is 20.1 Å². The maximum absolute atomic E-state index is 9.00. The molecule has 5 heteroatoms. The van der Waals surface area contributed by atoms with Crippen molar-refractivity contribution in [3.8, 4) is 0 Å². The number of aliphatic hydroxyl groups is 2. The molecule has 5 nitrogen and oxygen atoms in total. The summed E-state index contributed by atoms with van der Waals surface area (Å²) in [7, 11) is 1.68. The highest BCUT2D eigenvalue weighted by Gasteiger charge is 1.83. The van der Waals surface area contributed by atoms with E-state index in [0.717, 1.165) is 13.5 Å². The van der Waals surface area contributed by atoms with Crippen LogP contribution in [0.5, 0.6) is 0 Å². The smallest absolute Gasteiger partial charge is 0.300 e. The van der Waals surface area contributed by atoms with Gasteiger partial charge in [0, 0.05) is 20.6 Å². The monoisotopic (exact) mass is 196 g/mol. The van der Waals surface area contributed by atoms with E-state index in [2.05, 4.69) is 4.74 Å². The van der Waals surface area contributed by atoms with Crippen LogP contribution in [0, 0.1) is 0 Å². The van der Waals surface area contributed by atoms with Crippen LogP contribution in [0.4, 0.5) is 0 Å². The lowest BCUT2D eigenvalue weighted by atomic mass is 10.5. The first-order valence-electron chi connectivity index (χ1n) is 3.89. The number of carboxylic acids is 1. The van der Waals surface area contributed by atoms with Gasteiger partial charge in [0.2, 0.25) is 0 Å². The molecule has 13 heavy (non-hydrogen) atoms. The molecule has 0 rings (SSSR count). The van der Waals surface area contributed by atoms with Gasteiger partial charge in [-0.05, 0) is 13.8 Å². The van der Waals surface area contributed by atoms with E-state index in [1.165, 1.54) is 6.92 Å². The third-order valence-electron chi connectivity index (χ3n) is 0.553. The topological polar surface area (TPSA) is 87.0 Å². The Labute approximate surface area is 79.0 Å². The number of ether oxygens (including phenoxy) is 1. The molecular formula is C8H20O5. The number of hydrogen-bond donors (Lipinski definition) is 3. The molecule has 0 aliphatic rings. The van der Waals surface area contributed by atoms with Gasteiger partial charge in [0.15, 0.2) is 0 Å².